The summed E-state index contributed by atoms with van der Waals surface area (Å²) in [4.78, 5) is 4.62. The minimum Gasteiger partial charge on any atom is -0.328 e. The fraction of sp³-hybridized carbons (Fsp3) is 0.562. The first-order valence-electron chi connectivity index (χ1n) is 7.61. The molecule has 1 fully saturated rings. The van der Waals surface area contributed by atoms with Crippen LogP contribution in [0.3, 0.4) is 0 Å². The average Bonchev–Trinajstić information content (AvgIpc) is 2.80. The zero-order valence-corrected chi connectivity index (χ0v) is 12.0. The van der Waals surface area contributed by atoms with Crippen LogP contribution in [0.1, 0.15) is 50.8 Å². The van der Waals surface area contributed by atoms with Gasteiger partial charge < -0.3 is 10.3 Å². The van der Waals surface area contributed by atoms with E-state index in [2.05, 4.69) is 16.5 Å². The van der Waals surface area contributed by atoms with E-state index in [1.54, 1.807) is 6.07 Å². The Morgan fingerprint density at radius 2 is 2.25 bits per heavy atom. The van der Waals surface area contributed by atoms with Crippen LogP contribution in [0.2, 0.25) is 0 Å². The van der Waals surface area contributed by atoms with Crippen molar-refractivity contribution in [2.24, 2.45) is 5.73 Å². The second-order valence-electron chi connectivity index (χ2n) is 5.85. The molecule has 0 bridgehead atoms. The molecule has 0 spiro atoms. The second-order valence-corrected chi connectivity index (χ2v) is 5.85. The number of para-hydroxylation sites is 1. The Kier molecular flexibility index (Phi) is 3.74. The molecule has 0 amide bonds. The van der Waals surface area contributed by atoms with Crippen LogP contribution < -0.4 is 5.73 Å². The number of benzene rings is 1. The van der Waals surface area contributed by atoms with Gasteiger partial charge in [0.2, 0.25) is 0 Å². The molecule has 0 saturated heterocycles. The number of nitrogens with two attached hydrogens (primary N) is 1. The summed E-state index contributed by atoms with van der Waals surface area (Å²) >= 11 is 0. The van der Waals surface area contributed by atoms with Crippen molar-refractivity contribution in [3.63, 3.8) is 0 Å². The standard InChI is InChI=1S/C16H22FN3/c1-2-9-20-14-8-4-7-13(17)15(14)19-16(20)11-5-3-6-12(18)10-11/h4,7-8,11-12H,2-3,5-6,9-10,18H2,1H3. The van der Waals surface area contributed by atoms with Crippen molar-refractivity contribution in [2.75, 3.05) is 0 Å². The molecule has 0 radical (unpaired) electrons. The quantitative estimate of drug-likeness (QED) is 0.930. The largest absolute Gasteiger partial charge is 0.328 e. The molecule has 20 heavy (non-hydrogen) atoms. The van der Waals surface area contributed by atoms with E-state index in [1.807, 2.05) is 6.07 Å². The van der Waals surface area contributed by atoms with E-state index in [9.17, 15) is 4.39 Å². The molecule has 1 aliphatic carbocycles. The SMILES string of the molecule is CCCn1c(C2CCCC(N)C2)nc2c(F)cccc21. The maximum absolute atomic E-state index is 14.0. The van der Waals surface area contributed by atoms with E-state index in [4.69, 9.17) is 5.73 Å². The first kappa shape index (κ1) is 13.6. The first-order chi connectivity index (χ1) is 9.70. The van der Waals surface area contributed by atoms with Gasteiger partial charge in [0.05, 0.1) is 5.52 Å². The Bertz CT molecular complexity index is 605. The summed E-state index contributed by atoms with van der Waals surface area (Å²) in [5.74, 6) is 1.18. The van der Waals surface area contributed by atoms with E-state index in [-0.39, 0.29) is 11.9 Å². The zero-order valence-electron chi connectivity index (χ0n) is 12.0. The lowest BCUT2D eigenvalue weighted by Crippen LogP contribution is -2.28. The van der Waals surface area contributed by atoms with Gasteiger partial charge in [0.25, 0.3) is 0 Å². The number of hydrogen-bond acceptors (Lipinski definition) is 2. The van der Waals surface area contributed by atoms with Gasteiger partial charge in [-0.3, -0.25) is 0 Å². The summed E-state index contributed by atoms with van der Waals surface area (Å²) in [6.07, 6.45) is 5.34. The molecule has 4 heteroatoms. The molecule has 2 aromatic rings. The van der Waals surface area contributed by atoms with Crippen LogP contribution in [0.25, 0.3) is 11.0 Å². The van der Waals surface area contributed by atoms with Crippen LogP contribution >= 0.6 is 0 Å². The van der Waals surface area contributed by atoms with Gasteiger partial charge in [-0.15, -0.1) is 0 Å². The molecular formula is C16H22FN3. The summed E-state index contributed by atoms with van der Waals surface area (Å²) in [5.41, 5.74) is 7.53. The van der Waals surface area contributed by atoms with Crippen molar-refractivity contribution >= 4 is 11.0 Å². The van der Waals surface area contributed by atoms with Crippen molar-refractivity contribution in [3.8, 4) is 0 Å². The van der Waals surface area contributed by atoms with Gasteiger partial charge in [0, 0.05) is 18.5 Å². The number of fused-ring (bicyclic) bond motifs is 1. The van der Waals surface area contributed by atoms with E-state index in [0.717, 1.165) is 50.0 Å². The van der Waals surface area contributed by atoms with Crippen molar-refractivity contribution in [1.29, 1.82) is 0 Å². The highest BCUT2D eigenvalue weighted by Crippen LogP contribution is 2.34. The molecule has 3 rings (SSSR count). The van der Waals surface area contributed by atoms with Gasteiger partial charge in [-0.1, -0.05) is 19.4 Å². The number of aryl methyl sites for hydroxylation is 1. The second kappa shape index (κ2) is 5.52. The lowest BCUT2D eigenvalue weighted by molar-refractivity contribution is 0.374. The maximum atomic E-state index is 14.0. The van der Waals surface area contributed by atoms with Gasteiger partial charge in [0.1, 0.15) is 11.3 Å². The number of nitrogens with zero attached hydrogens (tertiary/aromatic N) is 2. The highest BCUT2D eigenvalue weighted by atomic mass is 19.1. The zero-order chi connectivity index (χ0) is 14.1. The van der Waals surface area contributed by atoms with Crippen molar-refractivity contribution in [1.82, 2.24) is 9.55 Å². The van der Waals surface area contributed by atoms with E-state index < -0.39 is 0 Å². The van der Waals surface area contributed by atoms with Crippen molar-refractivity contribution < 1.29 is 4.39 Å². The molecule has 2 unspecified atom stereocenters. The minimum absolute atomic E-state index is 0.223. The summed E-state index contributed by atoms with van der Waals surface area (Å²) in [5, 5.41) is 0. The molecule has 108 valence electrons. The highest BCUT2D eigenvalue weighted by Gasteiger charge is 2.26. The third kappa shape index (κ3) is 2.33. The van der Waals surface area contributed by atoms with Crippen LogP contribution in [0.15, 0.2) is 18.2 Å². The van der Waals surface area contributed by atoms with Crippen LogP contribution in [-0.2, 0) is 6.54 Å². The van der Waals surface area contributed by atoms with Crippen LogP contribution in [-0.4, -0.2) is 15.6 Å². The molecular weight excluding hydrogens is 253 g/mol. The van der Waals surface area contributed by atoms with Gasteiger partial charge >= 0.3 is 0 Å². The van der Waals surface area contributed by atoms with Gasteiger partial charge in [-0.05, 0) is 37.8 Å². The number of halogens is 1. The Morgan fingerprint density at radius 1 is 1.40 bits per heavy atom. The number of rotatable bonds is 3. The molecule has 1 aromatic carbocycles. The third-order valence-electron chi connectivity index (χ3n) is 4.29. The van der Waals surface area contributed by atoms with Crippen LogP contribution in [0, 0.1) is 5.82 Å². The predicted molar refractivity (Wildman–Crippen MR) is 79.2 cm³/mol. The smallest absolute Gasteiger partial charge is 0.151 e. The van der Waals surface area contributed by atoms with Crippen LogP contribution in [0.5, 0.6) is 0 Å². The van der Waals surface area contributed by atoms with Crippen LogP contribution in [0.4, 0.5) is 4.39 Å². The van der Waals surface area contributed by atoms with Crippen molar-refractivity contribution in [3.05, 3.63) is 29.8 Å². The molecule has 1 heterocycles. The molecule has 2 atom stereocenters. The Morgan fingerprint density at radius 3 is 3.00 bits per heavy atom. The lowest BCUT2D eigenvalue weighted by Gasteiger charge is -2.26. The van der Waals surface area contributed by atoms with Gasteiger partial charge in [-0.25, -0.2) is 9.37 Å². The topological polar surface area (TPSA) is 43.8 Å². The summed E-state index contributed by atoms with van der Waals surface area (Å²) in [6, 6.07) is 5.48. The summed E-state index contributed by atoms with van der Waals surface area (Å²) < 4.78 is 16.2. The molecule has 1 aromatic heterocycles. The molecule has 1 aliphatic rings. The predicted octanol–water partition coefficient (Wildman–Crippen LogP) is 3.57. The van der Waals surface area contributed by atoms with Gasteiger partial charge in [-0.2, -0.15) is 0 Å². The summed E-state index contributed by atoms with van der Waals surface area (Å²) in [6.45, 7) is 3.03. The minimum atomic E-state index is -0.223. The number of imidazole rings is 1. The Hall–Kier alpha value is -1.42. The van der Waals surface area contributed by atoms with E-state index in [1.165, 1.54) is 6.07 Å². The number of hydrogen-bond donors (Lipinski definition) is 1. The average molecular weight is 275 g/mol. The molecule has 3 nitrogen and oxygen atoms in total. The fourth-order valence-electron chi connectivity index (χ4n) is 3.36. The fourth-order valence-corrected chi connectivity index (χ4v) is 3.36. The van der Waals surface area contributed by atoms with Gasteiger partial charge in [0.15, 0.2) is 5.82 Å². The Labute approximate surface area is 119 Å². The Balaban J connectivity index is 2.08. The highest BCUT2D eigenvalue weighted by molar-refractivity contribution is 5.76. The molecule has 0 aliphatic heterocycles. The first-order valence-corrected chi connectivity index (χ1v) is 7.61. The van der Waals surface area contributed by atoms with Crippen molar-refractivity contribution in [2.45, 2.75) is 57.5 Å². The maximum Gasteiger partial charge on any atom is 0.151 e. The van der Waals surface area contributed by atoms with E-state index in [0.29, 0.717) is 11.4 Å². The monoisotopic (exact) mass is 275 g/mol. The molecule has 2 N–H and O–H groups in total. The molecule has 1 saturated carbocycles. The number of aromatic nitrogens is 2. The third-order valence-corrected chi connectivity index (χ3v) is 4.29. The lowest BCUT2D eigenvalue weighted by atomic mass is 9.85. The van der Waals surface area contributed by atoms with E-state index >= 15 is 0 Å². The summed E-state index contributed by atoms with van der Waals surface area (Å²) in [7, 11) is 0. The normalized spacial score (nSPS) is 23.4.